The Labute approximate surface area is 144 Å². The number of amides is 1. The number of rotatable bonds is 5. The summed E-state index contributed by atoms with van der Waals surface area (Å²) >= 11 is 3.09. The molecule has 0 unspecified atom stereocenters. The van der Waals surface area contributed by atoms with Gasteiger partial charge < -0.3 is 10.1 Å². The molecule has 2 atom stereocenters. The molecule has 0 aliphatic carbocycles. The summed E-state index contributed by atoms with van der Waals surface area (Å²) < 4.78 is 5.75. The molecule has 3 rings (SSSR count). The van der Waals surface area contributed by atoms with Crippen molar-refractivity contribution in [1.82, 2.24) is 9.88 Å². The van der Waals surface area contributed by atoms with Crippen molar-refractivity contribution in [2.45, 2.75) is 39.0 Å². The first kappa shape index (κ1) is 16.6. The SMILES string of the molecule is C[C@H]1CN(Cc2csc(NC(=O)Cc3ccsc3)n2)C[C@H](C)O1. The summed E-state index contributed by atoms with van der Waals surface area (Å²) in [4.78, 5) is 18.9. The van der Waals surface area contributed by atoms with Gasteiger partial charge in [-0.1, -0.05) is 0 Å². The number of hydrogen-bond donors (Lipinski definition) is 1. The average Bonchev–Trinajstić information content (AvgIpc) is 3.10. The molecule has 7 heteroatoms. The van der Waals surface area contributed by atoms with Crippen molar-refractivity contribution in [3.05, 3.63) is 33.5 Å². The number of carbonyl (C=O) groups is 1. The van der Waals surface area contributed by atoms with Gasteiger partial charge in [-0.2, -0.15) is 11.3 Å². The molecule has 1 N–H and O–H groups in total. The van der Waals surface area contributed by atoms with Gasteiger partial charge in [0.1, 0.15) is 0 Å². The van der Waals surface area contributed by atoms with Crippen LogP contribution in [0.15, 0.2) is 22.2 Å². The van der Waals surface area contributed by atoms with Crippen LogP contribution in [0.2, 0.25) is 0 Å². The molecule has 1 aliphatic heterocycles. The van der Waals surface area contributed by atoms with E-state index in [0.29, 0.717) is 11.6 Å². The molecule has 2 aromatic heterocycles. The van der Waals surface area contributed by atoms with Gasteiger partial charge in [-0.25, -0.2) is 4.98 Å². The first-order chi connectivity index (χ1) is 11.1. The van der Waals surface area contributed by atoms with E-state index in [1.54, 1.807) is 11.3 Å². The molecule has 0 spiro atoms. The third kappa shape index (κ3) is 4.84. The predicted octanol–water partition coefficient (Wildman–Crippen LogP) is 3.00. The summed E-state index contributed by atoms with van der Waals surface area (Å²) in [6.45, 7) is 6.83. The summed E-state index contributed by atoms with van der Waals surface area (Å²) in [7, 11) is 0. The Bertz CT molecular complexity index is 632. The Morgan fingerprint density at radius 2 is 2.17 bits per heavy atom. The fraction of sp³-hybridized carbons (Fsp3) is 0.500. The number of anilines is 1. The van der Waals surface area contributed by atoms with Gasteiger partial charge in [0, 0.05) is 25.0 Å². The molecule has 1 amide bonds. The van der Waals surface area contributed by atoms with Crippen molar-refractivity contribution in [3.8, 4) is 0 Å². The van der Waals surface area contributed by atoms with Gasteiger partial charge in [-0.05, 0) is 36.2 Å². The van der Waals surface area contributed by atoms with Crippen molar-refractivity contribution in [3.63, 3.8) is 0 Å². The topological polar surface area (TPSA) is 54.5 Å². The Kier molecular flexibility index (Phi) is 5.42. The molecule has 0 aromatic carbocycles. The van der Waals surface area contributed by atoms with E-state index < -0.39 is 0 Å². The standard InChI is InChI=1S/C16H21N3O2S2/c1-11-6-19(7-12(2)21-11)8-14-10-23-16(17-14)18-15(20)5-13-3-4-22-9-13/h3-4,9-12H,5-8H2,1-2H3,(H,17,18,20)/t11-,12-/m0/s1. The summed E-state index contributed by atoms with van der Waals surface area (Å²) in [6.07, 6.45) is 0.904. The molecule has 0 radical (unpaired) electrons. The first-order valence-electron chi connectivity index (χ1n) is 7.71. The molecule has 0 bridgehead atoms. The minimum atomic E-state index is -0.0158. The van der Waals surface area contributed by atoms with Gasteiger partial charge in [-0.15, -0.1) is 11.3 Å². The van der Waals surface area contributed by atoms with Crippen LogP contribution < -0.4 is 5.32 Å². The second kappa shape index (κ2) is 7.53. The van der Waals surface area contributed by atoms with Gasteiger partial charge in [-0.3, -0.25) is 9.69 Å². The predicted molar refractivity (Wildman–Crippen MR) is 94.1 cm³/mol. The Balaban J connectivity index is 1.52. The van der Waals surface area contributed by atoms with E-state index in [1.165, 1.54) is 11.3 Å². The average molecular weight is 351 g/mol. The minimum absolute atomic E-state index is 0.0158. The highest BCUT2D eigenvalue weighted by Gasteiger charge is 2.22. The molecule has 0 saturated carbocycles. The third-order valence-electron chi connectivity index (χ3n) is 3.62. The van der Waals surface area contributed by atoms with Crippen LogP contribution in [0.4, 0.5) is 5.13 Å². The van der Waals surface area contributed by atoms with E-state index in [1.807, 2.05) is 22.2 Å². The van der Waals surface area contributed by atoms with Crippen LogP contribution in [0.5, 0.6) is 0 Å². The smallest absolute Gasteiger partial charge is 0.230 e. The normalized spacial score (nSPS) is 22.2. The largest absolute Gasteiger partial charge is 0.373 e. The molecule has 124 valence electrons. The number of ether oxygens (including phenoxy) is 1. The van der Waals surface area contributed by atoms with E-state index in [4.69, 9.17) is 4.74 Å². The Morgan fingerprint density at radius 3 is 2.87 bits per heavy atom. The van der Waals surface area contributed by atoms with Crippen molar-refractivity contribution < 1.29 is 9.53 Å². The fourth-order valence-electron chi connectivity index (χ4n) is 2.82. The number of thiazole rings is 1. The van der Waals surface area contributed by atoms with Crippen molar-refractivity contribution in [2.24, 2.45) is 0 Å². The van der Waals surface area contributed by atoms with Crippen molar-refractivity contribution in [1.29, 1.82) is 0 Å². The highest BCUT2D eigenvalue weighted by atomic mass is 32.1. The van der Waals surface area contributed by atoms with Crippen LogP contribution in [0.3, 0.4) is 0 Å². The zero-order valence-electron chi connectivity index (χ0n) is 13.3. The number of nitrogens with one attached hydrogen (secondary N) is 1. The van der Waals surface area contributed by atoms with E-state index in [-0.39, 0.29) is 18.1 Å². The molecule has 1 fully saturated rings. The third-order valence-corrected chi connectivity index (χ3v) is 5.16. The summed E-state index contributed by atoms with van der Waals surface area (Å²) in [5, 5.41) is 9.55. The maximum atomic E-state index is 12.0. The fourth-order valence-corrected chi connectivity index (χ4v) is 4.21. The number of morpholine rings is 1. The van der Waals surface area contributed by atoms with E-state index in [0.717, 1.165) is 30.9 Å². The first-order valence-corrected chi connectivity index (χ1v) is 9.54. The molecule has 1 aliphatic rings. The summed E-state index contributed by atoms with van der Waals surface area (Å²) in [5.74, 6) is -0.0158. The van der Waals surface area contributed by atoms with Gasteiger partial charge in [0.2, 0.25) is 5.91 Å². The van der Waals surface area contributed by atoms with Crippen LogP contribution in [0.25, 0.3) is 0 Å². The number of carbonyl (C=O) groups excluding carboxylic acids is 1. The minimum Gasteiger partial charge on any atom is -0.373 e. The van der Waals surface area contributed by atoms with Crippen molar-refractivity contribution >= 4 is 33.7 Å². The monoisotopic (exact) mass is 351 g/mol. The molecule has 5 nitrogen and oxygen atoms in total. The highest BCUT2D eigenvalue weighted by molar-refractivity contribution is 7.13. The Morgan fingerprint density at radius 1 is 1.39 bits per heavy atom. The van der Waals surface area contributed by atoms with Crippen LogP contribution in [0.1, 0.15) is 25.1 Å². The summed E-state index contributed by atoms with van der Waals surface area (Å²) in [5.41, 5.74) is 2.04. The zero-order chi connectivity index (χ0) is 16.2. The molecular weight excluding hydrogens is 330 g/mol. The second-order valence-corrected chi connectivity index (χ2v) is 7.59. The second-order valence-electron chi connectivity index (χ2n) is 5.95. The lowest BCUT2D eigenvalue weighted by Gasteiger charge is -2.34. The molecule has 3 heterocycles. The number of thiophene rings is 1. The number of nitrogens with zero attached hydrogens (tertiary/aromatic N) is 2. The highest BCUT2D eigenvalue weighted by Crippen LogP contribution is 2.19. The van der Waals surface area contributed by atoms with Crippen LogP contribution in [0, 0.1) is 0 Å². The Hall–Kier alpha value is -1.28. The quantitative estimate of drug-likeness (QED) is 0.900. The van der Waals surface area contributed by atoms with Gasteiger partial charge in [0.15, 0.2) is 5.13 Å². The van der Waals surface area contributed by atoms with Crippen LogP contribution in [-0.2, 0) is 22.5 Å². The van der Waals surface area contributed by atoms with Crippen molar-refractivity contribution in [2.75, 3.05) is 18.4 Å². The van der Waals surface area contributed by atoms with Crippen LogP contribution in [-0.4, -0.2) is 41.1 Å². The van der Waals surface area contributed by atoms with Gasteiger partial charge in [0.05, 0.1) is 24.3 Å². The lowest BCUT2D eigenvalue weighted by Crippen LogP contribution is -2.44. The van der Waals surface area contributed by atoms with E-state index in [9.17, 15) is 4.79 Å². The molecule has 1 saturated heterocycles. The van der Waals surface area contributed by atoms with Crippen LogP contribution >= 0.6 is 22.7 Å². The zero-order valence-corrected chi connectivity index (χ0v) is 15.0. The number of hydrogen-bond acceptors (Lipinski definition) is 6. The summed E-state index contributed by atoms with van der Waals surface area (Å²) in [6, 6.07) is 1.97. The lowest BCUT2D eigenvalue weighted by atomic mass is 10.2. The van der Waals surface area contributed by atoms with E-state index in [2.05, 4.69) is 29.0 Å². The molecular formula is C16H21N3O2S2. The lowest BCUT2D eigenvalue weighted by molar-refractivity contribution is -0.115. The van der Waals surface area contributed by atoms with Gasteiger partial charge in [0.25, 0.3) is 0 Å². The maximum absolute atomic E-state index is 12.0. The number of aromatic nitrogens is 1. The molecule has 23 heavy (non-hydrogen) atoms. The van der Waals surface area contributed by atoms with Gasteiger partial charge >= 0.3 is 0 Å². The van der Waals surface area contributed by atoms with E-state index >= 15 is 0 Å². The molecule has 2 aromatic rings. The maximum Gasteiger partial charge on any atom is 0.230 e.